The van der Waals surface area contributed by atoms with Crippen molar-refractivity contribution in [3.8, 4) is 0 Å². The quantitative estimate of drug-likeness (QED) is 0.746. The van der Waals surface area contributed by atoms with Crippen LogP contribution < -0.4 is 16.0 Å². The molecule has 0 saturated carbocycles. The van der Waals surface area contributed by atoms with Gasteiger partial charge in [-0.15, -0.1) is 0 Å². The zero-order valence-corrected chi connectivity index (χ0v) is 12.1. The molecule has 2 amide bonds. The van der Waals surface area contributed by atoms with E-state index in [-0.39, 0.29) is 11.6 Å². The molecule has 0 radical (unpaired) electrons. The number of carbonyl (C=O) groups excluding carboxylic acids is 2. The van der Waals surface area contributed by atoms with Crippen LogP contribution in [0, 0.1) is 0 Å². The second kappa shape index (κ2) is 5.91. The maximum Gasteiger partial charge on any atom is 0.272 e. The predicted octanol–water partition coefficient (Wildman–Crippen LogP) is 3.23. The normalized spacial score (nSPS) is 14.8. The number of fused-ring (bicyclic) bond motifs is 1. The molecule has 0 unspecified atom stereocenters. The lowest BCUT2D eigenvalue weighted by Crippen LogP contribution is -2.27. The molecule has 0 fully saturated rings. The van der Waals surface area contributed by atoms with Gasteiger partial charge in [0, 0.05) is 16.8 Å². The van der Waals surface area contributed by atoms with E-state index < -0.39 is 5.91 Å². The van der Waals surface area contributed by atoms with E-state index in [1.807, 2.05) is 18.2 Å². The molecule has 1 heterocycles. The molecule has 0 saturated heterocycles. The lowest BCUT2D eigenvalue weighted by Gasteiger charge is -2.20. The molecular weight excluding hydrogens is 302 g/mol. The summed E-state index contributed by atoms with van der Waals surface area (Å²) in [4.78, 5) is 24.0. The maximum absolute atomic E-state index is 12.0. The third-order valence-electron chi connectivity index (χ3n) is 3.06. The summed E-state index contributed by atoms with van der Waals surface area (Å²) in [7, 11) is 0. The summed E-state index contributed by atoms with van der Waals surface area (Å²) in [5.41, 5.74) is 2.16. The van der Waals surface area contributed by atoms with Crippen LogP contribution in [0.15, 0.2) is 60.3 Å². The number of para-hydroxylation sites is 2. The van der Waals surface area contributed by atoms with Crippen molar-refractivity contribution in [1.29, 1.82) is 0 Å². The second-order valence-electron chi connectivity index (χ2n) is 4.68. The number of carbonyl (C=O) groups is 2. The monoisotopic (exact) mass is 313 g/mol. The molecule has 0 spiro atoms. The van der Waals surface area contributed by atoms with Crippen LogP contribution in [0.3, 0.4) is 0 Å². The summed E-state index contributed by atoms with van der Waals surface area (Å²) in [5.74, 6) is -0.778. The smallest absolute Gasteiger partial charge is 0.272 e. The van der Waals surface area contributed by atoms with Crippen LogP contribution in [0.2, 0.25) is 5.02 Å². The fourth-order valence-electron chi connectivity index (χ4n) is 2.07. The number of anilines is 3. The van der Waals surface area contributed by atoms with Gasteiger partial charge in [-0.1, -0.05) is 29.8 Å². The van der Waals surface area contributed by atoms with Gasteiger partial charge in [0.15, 0.2) is 0 Å². The number of rotatable bonds is 2. The SMILES string of the molecule is O=C(/C=C1\Nc2ccccc2NC1=O)Nc1cccc(Cl)c1. The van der Waals surface area contributed by atoms with E-state index in [9.17, 15) is 9.59 Å². The van der Waals surface area contributed by atoms with Gasteiger partial charge < -0.3 is 16.0 Å². The Bertz CT molecular complexity index is 786. The molecule has 0 atom stereocenters. The van der Waals surface area contributed by atoms with Crippen molar-refractivity contribution in [3.05, 3.63) is 65.3 Å². The number of hydrogen-bond acceptors (Lipinski definition) is 3. The summed E-state index contributed by atoms with van der Waals surface area (Å²) < 4.78 is 0. The van der Waals surface area contributed by atoms with Crippen LogP contribution in [-0.2, 0) is 9.59 Å². The van der Waals surface area contributed by atoms with Crippen LogP contribution in [-0.4, -0.2) is 11.8 Å². The van der Waals surface area contributed by atoms with Crippen LogP contribution in [0.1, 0.15) is 0 Å². The van der Waals surface area contributed by atoms with Crippen LogP contribution >= 0.6 is 11.6 Å². The first-order valence-electron chi connectivity index (χ1n) is 6.57. The summed E-state index contributed by atoms with van der Waals surface area (Å²) in [6.07, 6.45) is 1.21. The Morgan fingerprint density at radius 1 is 1.05 bits per heavy atom. The van der Waals surface area contributed by atoms with Gasteiger partial charge in [-0.3, -0.25) is 9.59 Å². The van der Waals surface area contributed by atoms with Crippen molar-refractivity contribution >= 4 is 40.5 Å². The Hall–Kier alpha value is -2.79. The van der Waals surface area contributed by atoms with Crippen molar-refractivity contribution in [1.82, 2.24) is 0 Å². The molecule has 110 valence electrons. The molecular formula is C16H12ClN3O2. The number of hydrogen-bond donors (Lipinski definition) is 3. The lowest BCUT2D eigenvalue weighted by atomic mass is 10.2. The van der Waals surface area contributed by atoms with E-state index in [1.54, 1.807) is 30.3 Å². The van der Waals surface area contributed by atoms with Gasteiger partial charge in [0.1, 0.15) is 5.70 Å². The summed E-state index contributed by atoms with van der Waals surface area (Å²) in [6.45, 7) is 0. The minimum Gasteiger partial charge on any atom is -0.349 e. The van der Waals surface area contributed by atoms with Crippen molar-refractivity contribution in [2.24, 2.45) is 0 Å². The number of halogens is 1. The molecule has 0 bridgehead atoms. The summed E-state index contributed by atoms with van der Waals surface area (Å²) in [5, 5.41) is 8.83. The van der Waals surface area contributed by atoms with Crippen LogP contribution in [0.25, 0.3) is 0 Å². The number of benzene rings is 2. The Kier molecular flexibility index (Phi) is 3.80. The molecule has 1 aliphatic rings. The highest BCUT2D eigenvalue weighted by molar-refractivity contribution is 6.31. The van der Waals surface area contributed by atoms with E-state index in [1.165, 1.54) is 6.08 Å². The first-order valence-corrected chi connectivity index (χ1v) is 6.95. The van der Waals surface area contributed by atoms with E-state index >= 15 is 0 Å². The number of nitrogens with one attached hydrogen (secondary N) is 3. The fraction of sp³-hybridized carbons (Fsp3) is 0. The molecule has 0 aromatic heterocycles. The molecule has 22 heavy (non-hydrogen) atoms. The molecule has 2 aromatic carbocycles. The van der Waals surface area contributed by atoms with E-state index in [2.05, 4.69) is 16.0 Å². The summed E-state index contributed by atoms with van der Waals surface area (Å²) >= 11 is 5.86. The Balaban J connectivity index is 1.77. The molecule has 3 rings (SSSR count). The minimum absolute atomic E-state index is 0.179. The average Bonchev–Trinajstić information content (AvgIpc) is 2.48. The van der Waals surface area contributed by atoms with Crippen molar-refractivity contribution in [3.63, 3.8) is 0 Å². The topological polar surface area (TPSA) is 70.2 Å². The highest BCUT2D eigenvalue weighted by Crippen LogP contribution is 2.27. The van der Waals surface area contributed by atoms with Gasteiger partial charge in [0.2, 0.25) is 0 Å². The fourth-order valence-corrected chi connectivity index (χ4v) is 2.26. The standard InChI is InChI=1S/C16H12ClN3O2/c17-10-4-3-5-11(8-10)18-15(21)9-14-16(22)20-13-7-2-1-6-12(13)19-14/h1-9,19H,(H,18,21)(H,20,22)/b14-9-. The first kappa shape index (κ1) is 14.2. The van der Waals surface area contributed by atoms with Gasteiger partial charge in [-0.25, -0.2) is 0 Å². The lowest BCUT2D eigenvalue weighted by molar-refractivity contribution is -0.114. The van der Waals surface area contributed by atoms with Crippen LogP contribution in [0.4, 0.5) is 17.1 Å². The zero-order valence-electron chi connectivity index (χ0n) is 11.4. The first-order chi connectivity index (χ1) is 10.6. The van der Waals surface area contributed by atoms with Crippen molar-refractivity contribution < 1.29 is 9.59 Å². The Morgan fingerprint density at radius 3 is 2.50 bits per heavy atom. The average molecular weight is 314 g/mol. The van der Waals surface area contributed by atoms with Gasteiger partial charge in [0.05, 0.1) is 11.4 Å². The Labute approximate surface area is 132 Å². The largest absolute Gasteiger partial charge is 0.349 e. The highest BCUT2D eigenvalue weighted by atomic mass is 35.5. The molecule has 1 aliphatic heterocycles. The predicted molar refractivity (Wildman–Crippen MR) is 86.9 cm³/mol. The van der Waals surface area contributed by atoms with Crippen molar-refractivity contribution in [2.45, 2.75) is 0 Å². The minimum atomic E-state index is -0.417. The molecule has 0 aliphatic carbocycles. The molecule has 3 N–H and O–H groups in total. The van der Waals surface area contributed by atoms with Crippen LogP contribution in [0.5, 0.6) is 0 Å². The van der Waals surface area contributed by atoms with Gasteiger partial charge >= 0.3 is 0 Å². The van der Waals surface area contributed by atoms with Gasteiger partial charge in [-0.2, -0.15) is 0 Å². The molecule has 6 heteroatoms. The van der Waals surface area contributed by atoms with E-state index in [0.29, 0.717) is 16.4 Å². The van der Waals surface area contributed by atoms with E-state index in [0.717, 1.165) is 5.69 Å². The Morgan fingerprint density at radius 2 is 1.77 bits per heavy atom. The van der Waals surface area contributed by atoms with Crippen molar-refractivity contribution in [2.75, 3.05) is 16.0 Å². The molecule has 5 nitrogen and oxygen atoms in total. The molecule has 2 aromatic rings. The van der Waals surface area contributed by atoms with Gasteiger partial charge in [-0.05, 0) is 30.3 Å². The van der Waals surface area contributed by atoms with E-state index in [4.69, 9.17) is 11.6 Å². The zero-order chi connectivity index (χ0) is 15.5. The van der Waals surface area contributed by atoms with Gasteiger partial charge in [0.25, 0.3) is 11.8 Å². The summed E-state index contributed by atoms with van der Waals surface area (Å²) in [6, 6.07) is 14.0. The second-order valence-corrected chi connectivity index (χ2v) is 5.12. The third-order valence-corrected chi connectivity index (χ3v) is 3.29. The highest BCUT2D eigenvalue weighted by Gasteiger charge is 2.19. The number of amides is 2. The third kappa shape index (κ3) is 3.10. The maximum atomic E-state index is 12.0.